The van der Waals surface area contributed by atoms with Crippen molar-refractivity contribution in [2.24, 2.45) is 7.05 Å². The Bertz CT molecular complexity index is 2560. The van der Waals surface area contributed by atoms with Crippen LogP contribution in [0.5, 0.6) is 11.5 Å². The van der Waals surface area contributed by atoms with Crippen molar-refractivity contribution in [3.63, 3.8) is 0 Å². The fourth-order valence-corrected chi connectivity index (χ4v) is 9.40. The highest BCUT2D eigenvalue weighted by molar-refractivity contribution is 8.01. The number of imide groups is 1. The zero-order chi connectivity index (χ0) is 42.8. The number of nitrogens with zero attached hydrogens (tertiary/aromatic N) is 7. The van der Waals surface area contributed by atoms with Gasteiger partial charge in [-0.15, -0.1) is 0 Å². The van der Waals surface area contributed by atoms with E-state index in [2.05, 4.69) is 31.1 Å². The number of carbonyl (C=O) groups excluding carboxylic acids is 2. The molecule has 14 nitrogen and oxygen atoms in total. The van der Waals surface area contributed by atoms with Crippen LogP contribution in [0, 0.1) is 23.0 Å². The number of aryl methyl sites for hydroxylation is 1. The number of hydrogen-bond donors (Lipinski definition) is 2. The van der Waals surface area contributed by atoms with Crippen molar-refractivity contribution in [3.05, 3.63) is 82.4 Å². The Labute approximate surface area is 356 Å². The number of ether oxygens (including phenoxy) is 2. The maximum atomic E-state index is 14.9. The van der Waals surface area contributed by atoms with Crippen LogP contribution in [-0.2, 0) is 16.6 Å². The predicted octanol–water partition coefficient (Wildman–Crippen LogP) is 7.96. The number of rotatable bonds is 8. The molecule has 1 saturated carbocycles. The van der Waals surface area contributed by atoms with Gasteiger partial charge in [-0.3, -0.25) is 29.1 Å². The van der Waals surface area contributed by atoms with Crippen molar-refractivity contribution in [1.29, 1.82) is 5.26 Å². The lowest BCUT2D eigenvalue weighted by atomic mass is 9.85. The Hall–Kier alpha value is -5.57. The van der Waals surface area contributed by atoms with Crippen LogP contribution in [0.3, 0.4) is 0 Å². The number of nitriles is 1. The molecule has 5 heterocycles. The summed E-state index contributed by atoms with van der Waals surface area (Å²) in [7, 11) is 1.72. The lowest BCUT2D eigenvalue weighted by Gasteiger charge is -2.43. The molecule has 4 aliphatic rings. The van der Waals surface area contributed by atoms with Gasteiger partial charge in [-0.25, -0.2) is 18.6 Å². The van der Waals surface area contributed by atoms with Crippen molar-refractivity contribution in [2.45, 2.75) is 94.6 Å². The molecular weight excluding hydrogens is 805 g/mol. The average Bonchev–Trinajstić information content (AvgIpc) is 3.81. The largest absolute Gasteiger partial charge is 0.453 e. The molecule has 9 rings (SSSR count). The first-order valence-corrected chi connectivity index (χ1v) is 21.7. The Morgan fingerprint density at radius 1 is 1.00 bits per heavy atom. The first-order valence-electron chi connectivity index (χ1n) is 20.9. The van der Waals surface area contributed by atoms with Gasteiger partial charge in [0.1, 0.15) is 23.2 Å². The number of benzene rings is 3. The Morgan fingerprint density at radius 2 is 1.79 bits per heavy atom. The lowest BCUT2D eigenvalue weighted by Crippen LogP contribution is -2.49. The van der Waals surface area contributed by atoms with Gasteiger partial charge in [-0.05, 0) is 92.6 Å². The molecule has 2 N–H and O–H groups in total. The molecule has 4 fully saturated rings. The number of piperidine rings is 1. The Balaban J connectivity index is 0.000000225. The van der Waals surface area contributed by atoms with Gasteiger partial charge in [-0.2, -0.15) is 10.4 Å². The van der Waals surface area contributed by atoms with E-state index >= 15 is 0 Å². The van der Waals surface area contributed by atoms with E-state index in [0.717, 1.165) is 37.9 Å². The van der Waals surface area contributed by atoms with E-state index < -0.39 is 17.7 Å². The SMILES string of the molecule is CC(C)SNc1ccc(F)c(Oc2ccc3ncn(C4COC5(CCN(C6CCCCC6)CC5)C4)c(=O)c3c2)c1C#N.Cn1nc(N2CCC(=O)NC2=O)c2cc(F)ccc21. The molecular formula is C44H49F2N9O5S. The fraction of sp³-hybridized carbons (Fsp3) is 0.455. The van der Waals surface area contributed by atoms with E-state index in [1.807, 2.05) is 13.8 Å². The second-order valence-corrected chi connectivity index (χ2v) is 17.8. The van der Waals surface area contributed by atoms with E-state index in [1.165, 1.54) is 73.2 Å². The molecule has 1 aliphatic carbocycles. The third-order valence-electron chi connectivity index (χ3n) is 12.1. The molecule has 5 aromatic rings. The fourth-order valence-electron chi connectivity index (χ4n) is 8.87. The Kier molecular flexibility index (Phi) is 12.3. The highest BCUT2D eigenvalue weighted by Crippen LogP contribution is 2.42. The lowest BCUT2D eigenvalue weighted by molar-refractivity contribution is -0.120. The van der Waals surface area contributed by atoms with Gasteiger partial charge in [0.05, 0.1) is 46.7 Å². The molecule has 3 amide bonds. The average molecular weight is 854 g/mol. The normalized spacial score (nSPS) is 19.6. The van der Waals surface area contributed by atoms with Crippen LogP contribution in [0.2, 0.25) is 0 Å². The van der Waals surface area contributed by atoms with E-state index in [0.29, 0.717) is 40.4 Å². The molecule has 61 heavy (non-hydrogen) atoms. The summed E-state index contributed by atoms with van der Waals surface area (Å²) in [5.41, 5.74) is 1.42. The van der Waals surface area contributed by atoms with Crippen LogP contribution < -0.4 is 25.2 Å². The molecule has 17 heteroatoms. The third kappa shape index (κ3) is 8.93. The van der Waals surface area contributed by atoms with Gasteiger partial charge < -0.3 is 19.1 Å². The van der Waals surface area contributed by atoms with Gasteiger partial charge in [-0.1, -0.05) is 33.1 Å². The number of halogens is 2. The van der Waals surface area contributed by atoms with Crippen molar-refractivity contribution in [3.8, 4) is 17.6 Å². The number of hydrogen-bond acceptors (Lipinski definition) is 11. The minimum atomic E-state index is -0.654. The highest BCUT2D eigenvalue weighted by Gasteiger charge is 2.44. The molecule has 2 aromatic heterocycles. The first-order chi connectivity index (χ1) is 29.4. The molecule has 1 spiro atoms. The van der Waals surface area contributed by atoms with Crippen LogP contribution in [0.4, 0.5) is 25.1 Å². The van der Waals surface area contributed by atoms with Gasteiger partial charge >= 0.3 is 6.03 Å². The monoisotopic (exact) mass is 853 g/mol. The first kappa shape index (κ1) is 42.1. The van der Waals surface area contributed by atoms with Crippen LogP contribution >= 0.6 is 11.9 Å². The third-order valence-corrected chi connectivity index (χ3v) is 12.9. The van der Waals surface area contributed by atoms with Crippen LogP contribution in [0.25, 0.3) is 21.8 Å². The number of likely N-dealkylation sites (tertiary alicyclic amines) is 1. The quantitative estimate of drug-likeness (QED) is 0.146. The van der Waals surface area contributed by atoms with Gasteiger partial charge in [0.2, 0.25) is 5.91 Å². The van der Waals surface area contributed by atoms with Crippen molar-refractivity contribution >= 4 is 57.2 Å². The van der Waals surface area contributed by atoms with Gasteiger partial charge in [0.15, 0.2) is 17.4 Å². The summed E-state index contributed by atoms with van der Waals surface area (Å²) in [6.45, 7) is 6.86. The summed E-state index contributed by atoms with van der Waals surface area (Å²) >= 11 is 1.42. The van der Waals surface area contributed by atoms with E-state index in [-0.39, 0.29) is 58.4 Å². The van der Waals surface area contributed by atoms with Crippen molar-refractivity contribution in [2.75, 3.05) is 35.9 Å². The Morgan fingerprint density at radius 3 is 2.52 bits per heavy atom. The summed E-state index contributed by atoms with van der Waals surface area (Å²) in [4.78, 5) is 45.2. The second kappa shape index (κ2) is 17.8. The van der Waals surface area contributed by atoms with E-state index in [1.54, 1.807) is 46.9 Å². The van der Waals surface area contributed by atoms with Crippen LogP contribution in [-0.4, -0.2) is 79.3 Å². The zero-order valence-electron chi connectivity index (χ0n) is 34.5. The minimum Gasteiger partial charge on any atom is -0.453 e. The molecule has 3 aliphatic heterocycles. The molecule has 3 saturated heterocycles. The molecule has 1 atom stereocenters. The number of carbonyl (C=O) groups is 2. The summed E-state index contributed by atoms with van der Waals surface area (Å²) in [5, 5.41) is 17.4. The second-order valence-electron chi connectivity index (χ2n) is 16.5. The molecule has 0 radical (unpaired) electrons. The van der Waals surface area contributed by atoms with E-state index in [9.17, 15) is 28.4 Å². The number of amides is 3. The molecule has 320 valence electrons. The summed E-state index contributed by atoms with van der Waals surface area (Å²) in [5.74, 6) is -0.915. The number of aromatic nitrogens is 4. The number of fused-ring (bicyclic) bond motifs is 2. The van der Waals surface area contributed by atoms with Crippen molar-refractivity contribution in [1.82, 2.24) is 29.5 Å². The maximum Gasteiger partial charge on any atom is 0.329 e. The molecule has 0 bridgehead atoms. The zero-order valence-corrected chi connectivity index (χ0v) is 35.3. The topological polar surface area (TPSA) is 160 Å². The number of anilines is 2. The molecule has 3 aromatic carbocycles. The van der Waals surface area contributed by atoms with Crippen molar-refractivity contribution < 1.29 is 27.8 Å². The predicted molar refractivity (Wildman–Crippen MR) is 230 cm³/mol. The number of nitrogens with one attached hydrogen (secondary N) is 2. The smallest absolute Gasteiger partial charge is 0.329 e. The summed E-state index contributed by atoms with van der Waals surface area (Å²) in [6, 6.07) is 14.1. The summed E-state index contributed by atoms with van der Waals surface area (Å²) in [6.07, 6.45) is 11.3. The molecule has 1 unspecified atom stereocenters. The van der Waals surface area contributed by atoms with E-state index in [4.69, 9.17) is 9.47 Å². The highest BCUT2D eigenvalue weighted by atomic mass is 32.2. The van der Waals surface area contributed by atoms with Gasteiger partial charge in [0, 0.05) is 49.8 Å². The van der Waals surface area contributed by atoms with Crippen LogP contribution in [0.1, 0.15) is 83.2 Å². The number of urea groups is 1. The minimum absolute atomic E-state index is 0.0646. The maximum absolute atomic E-state index is 14.9. The standard InChI is InChI=1S/C32H38FN5O3S.C12H11FN4O2/c1-21(2)42-36-29-11-9-27(33)30(26(29)18-34)41-24-8-10-28-25(16-24)31(39)38(20-35-28)23-17-32(40-19-23)12-14-37(15-13-32)22-6-4-3-5-7-22;1-16-9-3-2-7(13)6-8(9)11(15-16)17-5-4-10(18)14-12(17)19/h8-11,16,20-23,36H,3-7,12-15,17,19H2,1-2H3;2-3,6H,4-5H2,1H3,(H,14,18,19). The summed E-state index contributed by atoms with van der Waals surface area (Å²) < 4.78 is 46.9. The van der Waals surface area contributed by atoms with Gasteiger partial charge in [0.25, 0.3) is 5.56 Å². The van der Waals surface area contributed by atoms with Crippen LogP contribution in [0.15, 0.2) is 59.7 Å².